The maximum absolute atomic E-state index is 12.3. The van der Waals surface area contributed by atoms with Crippen molar-refractivity contribution in [3.05, 3.63) is 51.7 Å². The highest BCUT2D eigenvalue weighted by Gasteiger charge is 2.16. The Kier molecular flexibility index (Phi) is 5.15. The molecule has 2 aromatic rings. The minimum atomic E-state index is 0.0262. The van der Waals surface area contributed by atoms with E-state index < -0.39 is 0 Å². The van der Waals surface area contributed by atoms with E-state index in [9.17, 15) is 4.79 Å². The van der Waals surface area contributed by atoms with Crippen molar-refractivity contribution in [2.75, 3.05) is 18.9 Å². The SMILES string of the molecule is Cc1cccc(C)c1NC(=O)CN(C)C(C)c1cccs1. The molecule has 0 aliphatic heterocycles. The van der Waals surface area contributed by atoms with E-state index in [0.29, 0.717) is 6.54 Å². The van der Waals surface area contributed by atoms with Crippen molar-refractivity contribution in [1.82, 2.24) is 4.90 Å². The molecule has 4 heteroatoms. The lowest BCUT2D eigenvalue weighted by atomic mass is 10.1. The van der Waals surface area contributed by atoms with Crippen molar-refractivity contribution in [3.8, 4) is 0 Å². The van der Waals surface area contributed by atoms with Gasteiger partial charge in [-0.05, 0) is 50.4 Å². The second kappa shape index (κ2) is 6.87. The average molecular weight is 302 g/mol. The van der Waals surface area contributed by atoms with Crippen LogP contribution in [0.25, 0.3) is 0 Å². The van der Waals surface area contributed by atoms with Gasteiger partial charge in [0.05, 0.1) is 6.54 Å². The van der Waals surface area contributed by atoms with Gasteiger partial charge in [-0.15, -0.1) is 11.3 Å². The van der Waals surface area contributed by atoms with Gasteiger partial charge in [-0.2, -0.15) is 0 Å². The van der Waals surface area contributed by atoms with Gasteiger partial charge in [0.25, 0.3) is 0 Å². The molecule has 21 heavy (non-hydrogen) atoms. The van der Waals surface area contributed by atoms with E-state index in [1.165, 1.54) is 4.88 Å². The molecule has 1 aromatic heterocycles. The molecular formula is C17H22N2OS. The van der Waals surface area contributed by atoms with Gasteiger partial charge in [-0.1, -0.05) is 24.3 Å². The van der Waals surface area contributed by atoms with E-state index in [4.69, 9.17) is 0 Å². The Morgan fingerprint density at radius 3 is 2.48 bits per heavy atom. The van der Waals surface area contributed by atoms with Crippen molar-refractivity contribution in [2.24, 2.45) is 0 Å². The maximum Gasteiger partial charge on any atom is 0.238 e. The summed E-state index contributed by atoms with van der Waals surface area (Å²) in [5, 5.41) is 5.10. The summed E-state index contributed by atoms with van der Waals surface area (Å²) in [7, 11) is 1.98. The van der Waals surface area contributed by atoms with Crippen molar-refractivity contribution in [1.29, 1.82) is 0 Å². The molecule has 2 rings (SSSR count). The Hall–Kier alpha value is -1.65. The van der Waals surface area contributed by atoms with Gasteiger partial charge in [0, 0.05) is 16.6 Å². The summed E-state index contributed by atoms with van der Waals surface area (Å²) in [4.78, 5) is 15.6. The van der Waals surface area contributed by atoms with Crippen molar-refractivity contribution in [2.45, 2.75) is 26.8 Å². The zero-order valence-electron chi connectivity index (χ0n) is 13.0. The molecule has 0 saturated heterocycles. The molecular weight excluding hydrogens is 280 g/mol. The van der Waals surface area contributed by atoms with Crippen LogP contribution < -0.4 is 5.32 Å². The van der Waals surface area contributed by atoms with E-state index in [-0.39, 0.29) is 11.9 Å². The van der Waals surface area contributed by atoms with Crippen LogP contribution in [0.5, 0.6) is 0 Å². The Morgan fingerprint density at radius 1 is 1.24 bits per heavy atom. The van der Waals surface area contributed by atoms with Crippen LogP contribution in [0.4, 0.5) is 5.69 Å². The zero-order valence-corrected chi connectivity index (χ0v) is 13.8. The molecule has 1 unspecified atom stereocenters. The minimum Gasteiger partial charge on any atom is -0.324 e. The van der Waals surface area contributed by atoms with Crippen LogP contribution in [0.2, 0.25) is 0 Å². The second-order valence-corrected chi connectivity index (χ2v) is 6.40. The molecule has 3 nitrogen and oxygen atoms in total. The van der Waals surface area contributed by atoms with Gasteiger partial charge in [-0.3, -0.25) is 9.69 Å². The fraction of sp³-hybridized carbons (Fsp3) is 0.353. The van der Waals surface area contributed by atoms with Crippen LogP contribution in [-0.4, -0.2) is 24.4 Å². The number of aryl methyl sites for hydroxylation is 2. The summed E-state index contributed by atoms with van der Waals surface area (Å²) in [5.74, 6) is 0.0262. The predicted molar refractivity (Wildman–Crippen MR) is 89.9 cm³/mol. The van der Waals surface area contributed by atoms with Crippen molar-refractivity contribution >= 4 is 22.9 Å². The van der Waals surface area contributed by atoms with Gasteiger partial charge >= 0.3 is 0 Å². The Bertz CT molecular complexity index is 587. The number of carbonyl (C=O) groups excluding carboxylic acids is 1. The smallest absolute Gasteiger partial charge is 0.238 e. The highest BCUT2D eigenvalue weighted by Crippen LogP contribution is 2.23. The summed E-state index contributed by atoms with van der Waals surface area (Å²) in [5.41, 5.74) is 3.12. The third-order valence-electron chi connectivity index (χ3n) is 3.75. The molecule has 1 N–H and O–H groups in total. The number of likely N-dealkylation sites (N-methyl/N-ethyl adjacent to an activating group) is 1. The molecule has 1 amide bonds. The molecule has 0 aliphatic rings. The van der Waals surface area contributed by atoms with Gasteiger partial charge in [0.2, 0.25) is 5.91 Å². The Labute approximate surface area is 130 Å². The van der Waals surface area contributed by atoms with E-state index in [2.05, 4.69) is 28.6 Å². The van der Waals surface area contributed by atoms with E-state index in [1.807, 2.05) is 45.2 Å². The van der Waals surface area contributed by atoms with Crippen LogP contribution >= 0.6 is 11.3 Å². The second-order valence-electron chi connectivity index (χ2n) is 5.42. The Morgan fingerprint density at radius 2 is 1.90 bits per heavy atom. The molecule has 0 saturated carbocycles. The van der Waals surface area contributed by atoms with Crippen LogP contribution in [0.3, 0.4) is 0 Å². The van der Waals surface area contributed by atoms with E-state index in [0.717, 1.165) is 16.8 Å². The third-order valence-corrected chi connectivity index (χ3v) is 4.80. The first-order valence-electron chi connectivity index (χ1n) is 7.08. The lowest BCUT2D eigenvalue weighted by Gasteiger charge is -2.23. The molecule has 0 fully saturated rings. The molecule has 1 heterocycles. The average Bonchev–Trinajstić information content (AvgIpc) is 2.96. The summed E-state index contributed by atoms with van der Waals surface area (Å²) in [6.07, 6.45) is 0. The number of hydrogen-bond donors (Lipinski definition) is 1. The van der Waals surface area contributed by atoms with Gasteiger partial charge in [0.1, 0.15) is 0 Å². The number of thiophene rings is 1. The molecule has 1 aromatic carbocycles. The number of amides is 1. The van der Waals surface area contributed by atoms with Crippen molar-refractivity contribution < 1.29 is 4.79 Å². The number of rotatable bonds is 5. The van der Waals surface area contributed by atoms with Crippen LogP contribution in [0.1, 0.15) is 29.0 Å². The monoisotopic (exact) mass is 302 g/mol. The molecule has 1 atom stereocenters. The first-order valence-corrected chi connectivity index (χ1v) is 7.96. The van der Waals surface area contributed by atoms with E-state index in [1.54, 1.807) is 11.3 Å². The summed E-state index contributed by atoms with van der Waals surface area (Å²) >= 11 is 1.72. The molecule has 0 spiro atoms. The molecule has 0 bridgehead atoms. The molecule has 112 valence electrons. The van der Waals surface area contributed by atoms with Crippen LogP contribution in [0, 0.1) is 13.8 Å². The number of para-hydroxylation sites is 1. The quantitative estimate of drug-likeness (QED) is 0.905. The van der Waals surface area contributed by atoms with Crippen LogP contribution in [-0.2, 0) is 4.79 Å². The summed E-state index contributed by atoms with van der Waals surface area (Å²) < 4.78 is 0. The lowest BCUT2D eigenvalue weighted by molar-refractivity contribution is -0.117. The van der Waals surface area contributed by atoms with E-state index >= 15 is 0 Å². The first-order chi connectivity index (χ1) is 9.99. The number of nitrogens with one attached hydrogen (secondary N) is 1. The summed E-state index contributed by atoms with van der Waals surface area (Å²) in [6.45, 7) is 6.53. The van der Waals surface area contributed by atoms with Gasteiger partial charge in [0.15, 0.2) is 0 Å². The standard InChI is InChI=1S/C17H22N2OS/c1-12-7-5-8-13(2)17(12)18-16(20)11-19(4)14(3)15-9-6-10-21-15/h5-10,14H,11H2,1-4H3,(H,18,20). The highest BCUT2D eigenvalue weighted by atomic mass is 32.1. The van der Waals surface area contributed by atoms with Gasteiger partial charge < -0.3 is 5.32 Å². The first kappa shape index (κ1) is 15.7. The molecule has 0 aliphatic carbocycles. The lowest BCUT2D eigenvalue weighted by Crippen LogP contribution is -2.32. The largest absolute Gasteiger partial charge is 0.324 e. The Balaban J connectivity index is 1.98. The normalized spacial score (nSPS) is 12.4. The number of carbonyl (C=O) groups is 1. The highest BCUT2D eigenvalue weighted by molar-refractivity contribution is 7.10. The predicted octanol–water partition coefficient (Wildman–Crippen LogP) is 4.00. The van der Waals surface area contributed by atoms with Crippen molar-refractivity contribution in [3.63, 3.8) is 0 Å². The summed E-state index contributed by atoms with van der Waals surface area (Å²) in [6, 6.07) is 10.4. The molecule has 0 radical (unpaired) electrons. The number of anilines is 1. The maximum atomic E-state index is 12.3. The third kappa shape index (κ3) is 3.93. The van der Waals surface area contributed by atoms with Gasteiger partial charge in [-0.25, -0.2) is 0 Å². The minimum absolute atomic E-state index is 0.0262. The topological polar surface area (TPSA) is 32.3 Å². The zero-order chi connectivity index (χ0) is 15.4. The number of hydrogen-bond acceptors (Lipinski definition) is 3. The fourth-order valence-electron chi connectivity index (χ4n) is 2.30. The number of benzene rings is 1. The number of nitrogens with zero attached hydrogens (tertiary/aromatic N) is 1. The fourth-order valence-corrected chi connectivity index (χ4v) is 3.15. The van der Waals surface area contributed by atoms with Crippen LogP contribution in [0.15, 0.2) is 35.7 Å².